The summed E-state index contributed by atoms with van der Waals surface area (Å²) < 4.78 is 117. The average Bonchev–Trinajstić information content (AvgIpc) is 2.50. The van der Waals surface area contributed by atoms with E-state index in [1.807, 2.05) is 0 Å². The Morgan fingerprint density at radius 1 is 0.720 bits per heavy atom. The molecule has 0 atom stereocenters. The van der Waals surface area contributed by atoms with Gasteiger partial charge in [-0.15, -0.1) is 0 Å². The Balaban J connectivity index is 2.51. The van der Waals surface area contributed by atoms with E-state index in [1.54, 1.807) is 0 Å². The van der Waals surface area contributed by atoms with Crippen molar-refractivity contribution in [3.63, 3.8) is 0 Å². The van der Waals surface area contributed by atoms with Crippen LogP contribution in [-0.2, 0) is 20.0 Å². The maximum Gasteiger partial charge on any atom is 0.345 e. The van der Waals surface area contributed by atoms with E-state index in [4.69, 9.17) is 0 Å². The largest absolute Gasteiger partial charge is 0.379 e. The molecule has 2 aromatic carbocycles. The summed E-state index contributed by atoms with van der Waals surface area (Å²) in [6, 6.07) is 3.53. The van der Waals surface area contributed by atoms with Crippen LogP contribution >= 0.6 is 0 Å². The second kappa shape index (κ2) is 6.26. The summed E-state index contributed by atoms with van der Waals surface area (Å²) in [6.07, 6.45) is 0.869. The lowest BCUT2D eigenvalue weighted by atomic mass is 10.3. The number of halogens is 5. The molecule has 0 aromatic heterocycles. The van der Waals surface area contributed by atoms with Gasteiger partial charge in [-0.05, 0) is 24.3 Å². The molecule has 0 saturated heterocycles. The molecule has 0 heterocycles. The van der Waals surface area contributed by atoms with Gasteiger partial charge < -0.3 is 4.18 Å². The molecule has 0 aliphatic carbocycles. The Labute approximate surface area is 138 Å². The molecule has 0 amide bonds. The van der Waals surface area contributed by atoms with E-state index < -0.39 is 59.7 Å². The number of benzene rings is 2. The maximum atomic E-state index is 13.6. The quantitative estimate of drug-likeness (QED) is 0.340. The summed E-state index contributed by atoms with van der Waals surface area (Å²) >= 11 is 0. The van der Waals surface area contributed by atoms with Crippen LogP contribution in [0.25, 0.3) is 0 Å². The molecule has 5 nitrogen and oxygen atoms in total. The summed E-state index contributed by atoms with van der Waals surface area (Å²) in [5.41, 5.74) is 0. The number of rotatable bonds is 4. The predicted molar refractivity (Wildman–Crippen MR) is 73.6 cm³/mol. The zero-order chi connectivity index (χ0) is 19.2. The molecule has 2 aromatic rings. The predicted octanol–water partition coefficient (Wildman–Crippen LogP) is 2.55. The molecule has 0 N–H and O–H groups in total. The second-order valence-electron chi connectivity index (χ2n) is 4.68. The van der Waals surface area contributed by atoms with Crippen molar-refractivity contribution in [1.29, 1.82) is 0 Å². The van der Waals surface area contributed by atoms with E-state index in [9.17, 15) is 38.8 Å². The first kappa shape index (κ1) is 19.1. The normalized spacial score (nSPS) is 12.2. The summed E-state index contributed by atoms with van der Waals surface area (Å²) in [5.74, 6) is -13.2. The van der Waals surface area contributed by atoms with Gasteiger partial charge in [0.05, 0.1) is 4.90 Å². The summed E-state index contributed by atoms with van der Waals surface area (Å²) in [5, 5.41) is 0. The number of sulfone groups is 1. The van der Waals surface area contributed by atoms with Gasteiger partial charge in [0.25, 0.3) is 0 Å². The minimum Gasteiger partial charge on any atom is -0.379 e. The van der Waals surface area contributed by atoms with Gasteiger partial charge in [0.15, 0.2) is 38.0 Å². The van der Waals surface area contributed by atoms with Gasteiger partial charge >= 0.3 is 10.1 Å². The van der Waals surface area contributed by atoms with Crippen molar-refractivity contribution in [3.8, 4) is 5.75 Å². The number of hydrogen-bond donors (Lipinski definition) is 0. The Kier molecular flexibility index (Phi) is 4.79. The molecule has 0 spiro atoms. The molecule has 0 radical (unpaired) electrons. The van der Waals surface area contributed by atoms with E-state index in [0.29, 0.717) is 0 Å². The lowest BCUT2D eigenvalue weighted by Crippen LogP contribution is -2.17. The Hall–Kier alpha value is -2.21. The Morgan fingerprint density at radius 3 is 1.52 bits per heavy atom. The molecule has 12 heteroatoms. The fourth-order valence-electron chi connectivity index (χ4n) is 1.71. The van der Waals surface area contributed by atoms with Crippen molar-refractivity contribution >= 4 is 20.0 Å². The molecule has 0 saturated carbocycles. The van der Waals surface area contributed by atoms with E-state index in [-0.39, 0.29) is 4.90 Å². The highest BCUT2D eigenvalue weighted by Gasteiger charge is 2.35. The van der Waals surface area contributed by atoms with Crippen molar-refractivity contribution in [2.24, 2.45) is 0 Å². The van der Waals surface area contributed by atoms with Crippen LogP contribution in [-0.4, -0.2) is 23.1 Å². The highest BCUT2D eigenvalue weighted by molar-refractivity contribution is 7.90. The van der Waals surface area contributed by atoms with Gasteiger partial charge in [-0.2, -0.15) is 8.42 Å². The van der Waals surface area contributed by atoms with E-state index in [0.717, 1.165) is 30.5 Å². The van der Waals surface area contributed by atoms with Gasteiger partial charge in [0.1, 0.15) is 5.75 Å². The van der Waals surface area contributed by atoms with Crippen LogP contribution in [0.5, 0.6) is 5.75 Å². The van der Waals surface area contributed by atoms with Crippen molar-refractivity contribution in [3.05, 3.63) is 53.4 Å². The maximum absolute atomic E-state index is 13.6. The van der Waals surface area contributed by atoms with Crippen LogP contribution in [0, 0.1) is 29.1 Å². The Morgan fingerprint density at radius 2 is 1.12 bits per heavy atom. The number of hydrogen-bond acceptors (Lipinski definition) is 5. The van der Waals surface area contributed by atoms with Crippen LogP contribution in [0.4, 0.5) is 22.0 Å². The van der Waals surface area contributed by atoms with Crippen LogP contribution in [0.1, 0.15) is 0 Å². The zero-order valence-corrected chi connectivity index (χ0v) is 13.7. The lowest BCUT2D eigenvalue weighted by Gasteiger charge is -2.10. The first-order chi connectivity index (χ1) is 11.4. The molecule has 0 unspecified atom stereocenters. The van der Waals surface area contributed by atoms with Gasteiger partial charge in [-0.25, -0.2) is 30.4 Å². The van der Waals surface area contributed by atoms with Crippen LogP contribution < -0.4 is 4.18 Å². The zero-order valence-electron chi connectivity index (χ0n) is 12.1. The standard InChI is InChI=1S/C13H7F5O5S2/c1-24(19,20)7-4-2-6(3-5-7)23-25(21,22)13-11(17)9(15)8(14)10(16)12(13)18/h2-5H,1H3. The topological polar surface area (TPSA) is 77.5 Å². The Bertz CT molecular complexity index is 1020. The van der Waals surface area contributed by atoms with Gasteiger partial charge in [0, 0.05) is 6.26 Å². The fourth-order valence-corrected chi connectivity index (χ4v) is 3.41. The molecule has 136 valence electrons. The van der Waals surface area contributed by atoms with Crippen molar-refractivity contribution in [2.45, 2.75) is 9.79 Å². The molecule has 25 heavy (non-hydrogen) atoms. The van der Waals surface area contributed by atoms with Crippen LogP contribution in [0.2, 0.25) is 0 Å². The smallest absolute Gasteiger partial charge is 0.345 e. The molecule has 2 rings (SSSR count). The highest BCUT2D eigenvalue weighted by atomic mass is 32.2. The SMILES string of the molecule is CS(=O)(=O)c1ccc(OS(=O)(=O)c2c(F)c(F)c(F)c(F)c2F)cc1. The highest BCUT2D eigenvalue weighted by Crippen LogP contribution is 2.29. The van der Waals surface area contributed by atoms with Crippen LogP contribution in [0.3, 0.4) is 0 Å². The lowest BCUT2D eigenvalue weighted by molar-refractivity contribution is 0.352. The van der Waals surface area contributed by atoms with E-state index >= 15 is 0 Å². The summed E-state index contributed by atoms with van der Waals surface area (Å²) in [6.45, 7) is 0. The van der Waals surface area contributed by atoms with Gasteiger partial charge in [-0.1, -0.05) is 0 Å². The minimum absolute atomic E-state index is 0.214. The molecule has 0 aliphatic rings. The molecular formula is C13H7F5O5S2. The minimum atomic E-state index is -5.43. The van der Waals surface area contributed by atoms with Gasteiger partial charge in [0.2, 0.25) is 5.82 Å². The van der Waals surface area contributed by atoms with E-state index in [1.165, 1.54) is 0 Å². The molecule has 0 fully saturated rings. The monoisotopic (exact) mass is 402 g/mol. The van der Waals surface area contributed by atoms with Crippen LogP contribution in [0.15, 0.2) is 34.1 Å². The van der Waals surface area contributed by atoms with Gasteiger partial charge in [-0.3, -0.25) is 0 Å². The first-order valence-corrected chi connectivity index (χ1v) is 9.42. The van der Waals surface area contributed by atoms with Crippen molar-refractivity contribution in [2.75, 3.05) is 6.26 Å². The third-order valence-corrected chi connectivity index (χ3v) is 5.28. The fraction of sp³-hybridized carbons (Fsp3) is 0.0769. The third-order valence-electron chi connectivity index (χ3n) is 2.88. The molecule has 0 aliphatic heterocycles. The molecular weight excluding hydrogens is 395 g/mol. The van der Waals surface area contributed by atoms with Crippen molar-refractivity contribution in [1.82, 2.24) is 0 Å². The summed E-state index contributed by atoms with van der Waals surface area (Å²) in [7, 11) is -9.04. The molecule has 0 bridgehead atoms. The second-order valence-corrected chi connectivity index (χ2v) is 8.18. The van der Waals surface area contributed by atoms with Crippen molar-refractivity contribution < 1.29 is 43.0 Å². The average molecular weight is 402 g/mol. The summed E-state index contributed by atoms with van der Waals surface area (Å²) in [4.78, 5) is -2.37. The van der Waals surface area contributed by atoms with E-state index in [2.05, 4.69) is 4.18 Å². The first-order valence-electron chi connectivity index (χ1n) is 6.12. The third kappa shape index (κ3) is 3.58.